The number of nitrogens with zero attached hydrogens (tertiary/aromatic N) is 2. The summed E-state index contributed by atoms with van der Waals surface area (Å²) < 4.78 is 0. The van der Waals surface area contributed by atoms with E-state index in [2.05, 4.69) is 27.5 Å². The first-order valence-electron chi connectivity index (χ1n) is 7.23. The summed E-state index contributed by atoms with van der Waals surface area (Å²) in [6.07, 6.45) is 3.36. The first kappa shape index (κ1) is 16.2. The molecule has 0 fully saturated rings. The van der Waals surface area contributed by atoms with Crippen molar-refractivity contribution in [1.29, 1.82) is 0 Å². The van der Waals surface area contributed by atoms with Gasteiger partial charge in [-0.05, 0) is 37.1 Å². The first-order valence-corrected chi connectivity index (χ1v) is 7.61. The molecule has 1 aromatic carbocycles. The largest absolute Gasteiger partial charge is 0.351 e. The van der Waals surface area contributed by atoms with Crippen LogP contribution in [0.2, 0.25) is 5.02 Å². The Bertz CT molecular complexity index is 660. The number of rotatable bonds is 6. The third-order valence-corrected chi connectivity index (χ3v) is 3.40. The zero-order chi connectivity index (χ0) is 15.9. The van der Waals surface area contributed by atoms with Crippen LogP contribution in [0.5, 0.6) is 0 Å². The van der Waals surface area contributed by atoms with Gasteiger partial charge in [0.15, 0.2) is 0 Å². The van der Waals surface area contributed by atoms with Crippen molar-refractivity contribution in [3.63, 3.8) is 0 Å². The van der Waals surface area contributed by atoms with E-state index in [-0.39, 0.29) is 5.91 Å². The van der Waals surface area contributed by atoms with E-state index in [4.69, 9.17) is 11.6 Å². The fourth-order valence-corrected chi connectivity index (χ4v) is 2.15. The molecule has 2 aromatic rings. The lowest BCUT2D eigenvalue weighted by Gasteiger charge is -2.10. The van der Waals surface area contributed by atoms with Crippen molar-refractivity contribution in [3.05, 3.63) is 46.9 Å². The van der Waals surface area contributed by atoms with Crippen molar-refractivity contribution in [2.24, 2.45) is 0 Å². The highest BCUT2D eigenvalue weighted by atomic mass is 35.5. The predicted molar refractivity (Wildman–Crippen MR) is 88.7 cm³/mol. The minimum absolute atomic E-state index is 0.188. The van der Waals surface area contributed by atoms with Crippen LogP contribution in [0.15, 0.2) is 30.6 Å². The van der Waals surface area contributed by atoms with Crippen LogP contribution in [0.4, 0.5) is 11.5 Å². The van der Waals surface area contributed by atoms with Crippen LogP contribution >= 0.6 is 11.6 Å². The van der Waals surface area contributed by atoms with Crippen LogP contribution in [0.3, 0.4) is 0 Å². The summed E-state index contributed by atoms with van der Waals surface area (Å²) >= 11 is 5.94. The summed E-state index contributed by atoms with van der Waals surface area (Å²) in [6.45, 7) is 4.68. The van der Waals surface area contributed by atoms with Gasteiger partial charge in [0.05, 0.1) is 0 Å². The number of aryl methyl sites for hydroxylation is 1. The van der Waals surface area contributed by atoms with E-state index in [9.17, 15) is 4.79 Å². The Balaban J connectivity index is 2.09. The Kier molecular flexibility index (Phi) is 5.72. The van der Waals surface area contributed by atoms with Gasteiger partial charge in [-0.2, -0.15) is 0 Å². The molecular formula is C16H19ClN4O. The van der Waals surface area contributed by atoms with Gasteiger partial charge < -0.3 is 10.6 Å². The summed E-state index contributed by atoms with van der Waals surface area (Å²) in [6, 6.07) is 7.18. The van der Waals surface area contributed by atoms with E-state index in [0.29, 0.717) is 23.1 Å². The summed E-state index contributed by atoms with van der Waals surface area (Å²) in [7, 11) is 0. The molecule has 1 heterocycles. The van der Waals surface area contributed by atoms with Gasteiger partial charge in [0.25, 0.3) is 5.91 Å². The number of nitrogens with one attached hydrogen (secondary N) is 2. The van der Waals surface area contributed by atoms with Crippen LogP contribution in [-0.2, 0) is 0 Å². The molecule has 0 bridgehead atoms. The molecule has 2 N–H and O–H groups in total. The van der Waals surface area contributed by atoms with Gasteiger partial charge in [0.2, 0.25) is 0 Å². The van der Waals surface area contributed by atoms with Crippen LogP contribution in [0, 0.1) is 6.92 Å². The van der Waals surface area contributed by atoms with Gasteiger partial charge in [-0.25, -0.2) is 9.97 Å². The number of hydrogen-bond donors (Lipinski definition) is 2. The molecule has 0 spiro atoms. The van der Waals surface area contributed by atoms with E-state index < -0.39 is 0 Å². The average Bonchev–Trinajstić information content (AvgIpc) is 2.50. The Hall–Kier alpha value is -2.14. The van der Waals surface area contributed by atoms with Crippen molar-refractivity contribution in [2.45, 2.75) is 26.7 Å². The normalized spacial score (nSPS) is 10.3. The van der Waals surface area contributed by atoms with Crippen molar-refractivity contribution < 1.29 is 4.79 Å². The van der Waals surface area contributed by atoms with Gasteiger partial charge in [-0.3, -0.25) is 4.79 Å². The Labute approximate surface area is 135 Å². The number of halogens is 1. The molecule has 0 atom stereocenters. The summed E-state index contributed by atoms with van der Waals surface area (Å²) in [5, 5.41) is 6.69. The van der Waals surface area contributed by atoms with E-state index in [1.807, 2.05) is 19.1 Å². The molecule has 5 nitrogen and oxygen atoms in total. The minimum Gasteiger partial charge on any atom is -0.351 e. The SMILES string of the molecule is CCCCNC(=O)c1cc(Nc2ccc(Cl)cc2C)ncn1. The predicted octanol–water partition coefficient (Wildman–Crippen LogP) is 3.71. The van der Waals surface area contributed by atoms with Crippen molar-refractivity contribution in [1.82, 2.24) is 15.3 Å². The van der Waals surface area contributed by atoms with E-state index in [1.165, 1.54) is 6.33 Å². The smallest absolute Gasteiger partial charge is 0.270 e. The molecule has 0 saturated heterocycles. The molecule has 0 aliphatic carbocycles. The van der Waals surface area contributed by atoms with E-state index >= 15 is 0 Å². The van der Waals surface area contributed by atoms with Gasteiger partial charge in [0, 0.05) is 23.3 Å². The average molecular weight is 319 g/mol. The van der Waals surface area contributed by atoms with Crippen molar-refractivity contribution in [3.8, 4) is 0 Å². The van der Waals surface area contributed by atoms with Crippen LogP contribution in [-0.4, -0.2) is 22.4 Å². The number of hydrogen-bond acceptors (Lipinski definition) is 4. The summed E-state index contributed by atoms with van der Waals surface area (Å²) in [5.74, 6) is 0.382. The molecule has 1 amide bonds. The highest BCUT2D eigenvalue weighted by Crippen LogP contribution is 2.22. The molecule has 0 aliphatic rings. The van der Waals surface area contributed by atoms with Crippen molar-refractivity contribution in [2.75, 3.05) is 11.9 Å². The molecular weight excluding hydrogens is 300 g/mol. The van der Waals surface area contributed by atoms with E-state index in [1.54, 1.807) is 12.1 Å². The number of anilines is 2. The Morgan fingerprint density at radius 3 is 2.82 bits per heavy atom. The quantitative estimate of drug-likeness (QED) is 0.797. The number of carbonyl (C=O) groups is 1. The maximum Gasteiger partial charge on any atom is 0.270 e. The monoisotopic (exact) mass is 318 g/mol. The van der Waals surface area contributed by atoms with Crippen molar-refractivity contribution >= 4 is 29.0 Å². The highest BCUT2D eigenvalue weighted by Gasteiger charge is 2.08. The second-order valence-electron chi connectivity index (χ2n) is 4.98. The third-order valence-electron chi connectivity index (χ3n) is 3.17. The second-order valence-corrected chi connectivity index (χ2v) is 5.42. The molecule has 0 unspecified atom stereocenters. The van der Waals surface area contributed by atoms with Crippen LogP contribution < -0.4 is 10.6 Å². The third kappa shape index (κ3) is 4.43. The number of carbonyl (C=O) groups excluding carboxylic acids is 1. The number of aromatic nitrogens is 2. The molecule has 2 rings (SSSR count). The lowest BCUT2D eigenvalue weighted by atomic mass is 10.2. The zero-order valence-corrected chi connectivity index (χ0v) is 13.4. The van der Waals surface area contributed by atoms with Gasteiger partial charge in [0.1, 0.15) is 17.8 Å². The summed E-state index contributed by atoms with van der Waals surface area (Å²) in [4.78, 5) is 20.1. The molecule has 0 radical (unpaired) electrons. The zero-order valence-electron chi connectivity index (χ0n) is 12.7. The fraction of sp³-hybridized carbons (Fsp3) is 0.312. The molecule has 22 heavy (non-hydrogen) atoms. The minimum atomic E-state index is -0.188. The molecule has 116 valence electrons. The van der Waals surface area contributed by atoms with E-state index in [0.717, 1.165) is 24.1 Å². The van der Waals surface area contributed by atoms with Crippen LogP contribution in [0.1, 0.15) is 35.8 Å². The Morgan fingerprint density at radius 2 is 2.09 bits per heavy atom. The van der Waals surface area contributed by atoms with Gasteiger partial charge in [-0.1, -0.05) is 24.9 Å². The number of amides is 1. The molecule has 0 aliphatic heterocycles. The van der Waals surface area contributed by atoms with Gasteiger partial charge in [-0.15, -0.1) is 0 Å². The number of benzene rings is 1. The molecule has 1 aromatic heterocycles. The second kappa shape index (κ2) is 7.75. The topological polar surface area (TPSA) is 66.9 Å². The number of unbranched alkanes of at least 4 members (excludes halogenated alkanes) is 1. The van der Waals surface area contributed by atoms with Gasteiger partial charge >= 0.3 is 0 Å². The van der Waals surface area contributed by atoms with Crippen LogP contribution in [0.25, 0.3) is 0 Å². The maximum absolute atomic E-state index is 12.0. The lowest BCUT2D eigenvalue weighted by Crippen LogP contribution is -2.25. The first-order chi connectivity index (χ1) is 10.6. The maximum atomic E-state index is 12.0. The molecule has 6 heteroatoms. The summed E-state index contributed by atoms with van der Waals surface area (Å²) in [5.41, 5.74) is 2.24. The highest BCUT2D eigenvalue weighted by molar-refractivity contribution is 6.30. The standard InChI is InChI=1S/C16H19ClN4O/c1-3-4-7-18-16(22)14-9-15(20-10-19-14)21-13-6-5-12(17)8-11(13)2/h5-6,8-10H,3-4,7H2,1-2H3,(H,18,22)(H,19,20,21). The lowest BCUT2D eigenvalue weighted by molar-refractivity contribution is 0.0948. The fourth-order valence-electron chi connectivity index (χ4n) is 1.92. The molecule has 0 saturated carbocycles. The Morgan fingerprint density at radius 1 is 1.27 bits per heavy atom.